The van der Waals surface area contributed by atoms with Crippen molar-refractivity contribution in [2.45, 2.75) is 24.5 Å². The van der Waals surface area contributed by atoms with Crippen LogP contribution in [0.4, 0.5) is 5.82 Å². The number of halogens is 1. The van der Waals surface area contributed by atoms with E-state index in [1.165, 1.54) is 17.2 Å². The van der Waals surface area contributed by atoms with Gasteiger partial charge in [-0.25, -0.2) is 14.6 Å². The number of aromatic nitrogens is 4. The molecule has 0 radical (unpaired) electrons. The number of aliphatic hydroxyl groups excluding tert-OH is 2. The van der Waals surface area contributed by atoms with Gasteiger partial charge in [-0.1, -0.05) is 0 Å². The van der Waals surface area contributed by atoms with E-state index >= 15 is 0 Å². The Bertz CT molecular complexity index is 606. The molecule has 102 valence electrons. The first kappa shape index (κ1) is 12.5. The highest BCUT2D eigenvalue weighted by Crippen LogP contribution is 2.31. The lowest BCUT2D eigenvalue weighted by atomic mass is 10.1. The van der Waals surface area contributed by atoms with Crippen LogP contribution in [-0.4, -0.2) is 54.2 Å². The van der Waals surface area contributed by atoms with Gasteiger partial charge in [0, 0.05) is 0 Å². The third kappa shape index (κ3) is 1.84. The molecule has 4 unspecified atom stereocenters. The van der Waals surface area contributed by atoms with Crippen LogP contribution >= 0.6 is 11.6 Å². The van der Waals surface area contributed by atoms with E-state index in [1.807, 2.05) is 0 Å². The van der Waals surface area contributed by atoms with Crippen molar-refractivity contribution in [3.05, 3.63) is 12.5 Å². The van der Waals surface area contributed by atoms with Gasteiger partial charge in [0.2, 0.25) is 0 Å². The standard InChI is InChI=1S/C10H12ClN5O3/c11-1-5-6(17)7(18)10(19-5)16-9-4(2-15-16)8(12)13-3-14-9/h2-3,5-7,10,17-18H,1H2,(H2,12,13,14). The van der Waals surface area contributed by atoms with Crippen molar-refractivity contribution in [1.82, 2.24) is 19.7 Å². The van der Waals surface area contributed by atoms with Crippen LogP contribution in [0.15, 0.2) is 12.5 Å². The maximum Gasteiger partial charge on any atom is 0.181 e. The normalized spacial score (nSPS) is 31.1. The minimum atomic E-state index is -1.14. The predicted octanol–water partition coefficient (Wildman–Crippen LogP) is -0.734. The summed E-state index contributed by atoms with van der Waals surface area (Å²) in [5, 5.41) is 24.4. The minimum Gasteiger partial charge on any atom is -0.387 e. The fraction of sp³-hybridized carbons (Fsp3) is 0.500. The molecule has 0 saturated carbocycles. The molecule has 3 heterocycles. The molecule has 0 bridgehead atoms. The van der Waals surface area contributed by atoms with E-state index in [-0.39, 0.29) is 11.7 Å². The van der Waals surface area contributed by atoms with Crippen molar-refractivity contribution < 1.29 is 14.9 Å². The number of ether oxygens (including phenoxy) is 1. The summed E-state index contributed by atoms with van der Waals surface area (Å²) in [5.74, 6) is 0.364. The van der Waals surface area contributed by atoms with Crippen molar-refractivity contribution >= 4 is 28.5 Å². The Hall–Kier alpha value is -1.48. The Balaban J connectivity index is 2.04. The molecule has 19 heavy (non-hydrogen) atoms. The van der Waals surface area contributed by atoms with Gasteiger partial charge in [0.25, 0.3) is 0 Å². The highest BCUT2D eigenvalue weighted by Gasteiger charge is 2.44. The van der Waals surface area contributed by atoms with Crippen molar-refractivity contribution in [3.8, 4) is 0 Å². The number of alkyl halides is 1. The first-order valence-corrected chi connectivity index (χ1v) is 6.18. The quantitative estimate of drug-likeness (QED) is 0.622. The Morgan fingerprint density at radius 1 is 1.37 bits per heavy atom. The summed E-state index contributed by atoms with van der Waals surface area (Å²) in [4.78, 5) is 7.91. The molecule has 4 N–H and O–H groups in total. The van der Waals surface area contributed by atoms with Gasteiger partial charge in [0.1, 0.15) is 30.5 Å². The highest BCUT2D eigenvalue weighted by atomic mass is 35.5. The van der Waals surface area contributed by atoms with Crippen LogP contribution in [-0.2, 0) is 4.74 Å². The topological polar surface area (TPSA) is 119 Å². The molecule has 0 aromatic carbocycles. The number of nitrogen functional groups attached to an aromatic ring is 1. The van der Waals surface area contributed by atoms with Crippen LogP contribution in [0.1, 0.15) is 6.23 Å². The Labute approximate surface area is 112 Å². The van der Waals surface area contributed by atoms with Crippen LogP contribution in [0.25, 0.3) is 11.0 Å². The zero-order valence-corrected chi connectivity index (χ0v) is 10.5. The van der Waals surface area contributed by atoms with Gasteiger partial charge in [-0.05, 0) is 0 Å². The Kier molecular flexibility index (Phi) is 3.02. The lowest BCUT2D eigenvalue weighted by Crippen LogP contribution is -2.32. The maximum absolute atomic E-state index is 9.99. The van der Waals surface area contributed by atoms with Gasteiger partial charge >= 0.3 is 0 Å². The summed E-state index contributed by atoms with van der Waals surface area (Å²) in [6.45, 7) is 0. The van der Waals surface area contributed by atoms with Crippen molar-refractivity contribution in [2.24, 2.45) is 0 Å². The maximum atomic E-state index is 9.99. The van der Waals surface area contributed by atoms with Gasteiger partial charge in [0.15, 0.2) is 11.9 Å². The number of nitrogens with zero attached hydrogens (tertiary/aromatic N) is 4. The third-order valence-corrected chi connectivity index (χ3v) is 3.46. The molecule has 1 saturated heterocycles. The zero-order chi connectivity index (χ0) is 13.6. The number of hydrogen-bond donors (Lipinski definition) is 3. The minimum absolute atomic E-state index is 0.0745. The number of nitrogens with two attached hydrogens (primary N) is 1. The molecule has 4 atom stereocenters. The van der Waals surface area contributed by atoms with Crippen LogP contribution in [0.3, 0.4) is 0 Å². The van der Waals surface area contributed by atoms with Gasteiger partial charge in [-0.3, -0.25) is 0 Å². The molecule has 0 spiro atoms. The molecule has 1 fully saturated rings. The van der Waals surface area contributed by atoms with Gasteiger partial charge < -0.3 is 20.7 Å². The Morgan fingerprint density at radius 3 is 2.84 bits per heavy atom. The lowest BCUT2D eigenvalue weighted by Gasteiger charge is -2.15. The average Bonchev–Trinajstić information content (AvgIpc) is 2.94. The van der Waals surface area contributed by atoms with E-state index in [4.69, 9.17) is 22.1 Å². The molecule has 1 aliphatic rings. The van der Waals surface area contributed by atoms with E-state index in [2.05, 4.69) is 15.1 Å². The molecule has 8 nitrogen and oxygen atoms in total. The summed E-state index contributed by atoms with van der Waals surface area (Å²) >= 11 is 5.67. The average molecular weight is 286 g/mol. The molecule has 3 rings (SSSR count). The van der Waals surface area contributed by atoms with E-state index in [0.717, 1.165) is 0 Å². The first-order valence-electron chi connectivity index (χ1n) is 5.64. The summed E-state index contributed by atoms with van der Waals surface area (Å²) in [6.07, 6.45) is -0.928. The second-order valence-electron chi connectivity index (χ2n) is 4.29. The second kappa shape index (κ2) is 4.57. The van der Waals surface area contributed by atoms with Crippen LogP contribution < -0.4 is 5.73 Å². The van der Waals surface area contributed by atoms with Gasteiger partial charge in [-0.2, -0.15) is 5.10 Å². The number of hydrogen-bond acceptors (Lipinski definition) is 7. The molecule has 1 aliphatic heterocycles. The molecular formula is C10H12ClN5O3. The molecule has 2 aromatic heterocycles. The largest absolute Gasteiger partial charge is 0.387 e. The Morgan fingerprint density at radius 2 is 2.16 bits per heavy atom. The zero-order valence-electron chi connectivity index (χ0n) is 9.72. The molecule has 0 aliphatic carbocycles. The number of aliphatic hydroxyl groups is 2. The third-order valence-electron chi connectivity index (χ3n) is 3.15. The summed E-state index contributed by atoms with van der Waals surface area (Å²) in [7, 11) is 0. The highest BCUT2D eigenvalue weighted by molar-refractivity contribution is 6.18. The van der Waals surface area contributed by atoms with E-state index in [0.29, 0.717) is 11.0 Å². The molecule has 9 heteroatoms. The smallest absolute Gasteiger partial charge is 0.181 e. The van der Waals surface area contributed by atoms with E-state index in [9.17, 15) is 10.2 Å². The SMILES string of the molecule is Nc1ncnc2c1cnn2C1OC(CCl)C(O)C1O. The van der Waals surface area contributed by atoms with Crippen molar-refractivity contribution in [3.63, 3.8) is 0 Å². The van der Waals surface area contributed by atoms with E-state index in [1.54, 1.807) is 0 Å². The van der Waals surface area contributed by atoms with E-state index < -0.39 is 24.5 Å². The van der Waals surface area contributed by atoms with Crippen molar-refractivity contribution in [1.29, 1.82) is 0 Å². The van der Waals surface area contributed by atoms with Crippen LogP contribution in [0.2, 0.25) is 0 Å². The number of fused-ring (bicyclic) bond motifs is 1. The second-order valence-corrected chi connectivity index (χ2v) is 4.59. The van der Waals surface area contributed by atoms with Gasteiger partial charge in [-0.15, -0.1) is 11.6 Å². The fourth-order valence-corrected chi connectivity index (χ4v) is 2.38. The number of anilines is 1. The fourth-order valence-electron chi connectivity index (χ4n) is 2.13. The molecular weight excluding hydrogens is 274 g/mol. The van der Waals surface area contributed by atoms with Gasteiger partial charge in [0.05, 0.1) is 17.5 Å². The summed E-state index contributed by atoms with van der Waals surface area (Å²) < 4.78 is 6.86. The van der Waals surface area contributed by atoms with Crippen LogP contribution in [0.5, 0.6) is 0 Å². The monoisotopic (exact) mass is 285 g/mol. The van der Waals surface area contributed by atoms with Crippen LogP contribution in [0, 0.1) is 0 Å². The molecule has 0 amide bonds. The lowest BCUT2D eigenvalue weighted by molar-refractivity contribution is -0.0364. The summed E-state index contributed by atoms with van der Waals surface area (Å²) in [5.41, 5.74) is 6.13. The first-order chi connectivity index (χ1) is 9.13. The molecule has 2 aromatic rings. The number of rotatable bonds is 2. The summed E-state index contributed by atoms with van der Waals surface area (Å²) in [6, 6.07) is 0. The van der Waals surface area contributed by atoms with Crippen molar-refractivity contribution in [2.75, 3.05) is 11.6 Å². The predicted molar refractivity (Wildman–Crippen MR) is 66.4 cm³/mol.